The fourth-order valence-electron chi connectivity index (χ4n) is 2.55. The SMILES string of the molecule is CN(C)Cc1cc(C=Nc2ccc(C#N)cc2)cc(CN(C)C)c1. The summed E-state index contributed by atoms with van der Waals surface area (Å²) in [5.41, 5.74) is 5.15. The van der Waals surface area contributed by atoms with Gasteiger partial charge in [-0.1, -0.05) is 6.07 Å². The van der Waals surface area contributed by atoms with Crippen LogP contribution >= 0.6 is 0 Å². The number of benzene rings is 2. The van der Waals surface area contributed by atoms with Gasteiger partial charge < -0.3 is 9.80 Å². The molecule has 0 radical (unpaired) electrons. The number of nitriles is 1. The van der Waals surface area contributed by atoms with E-state index in [1.54, 1.807) is 12.1 Å². The molecule has 2 rings (SSSR count). The molecule has 0 saturated heterocycles. The second kappa shape index (κ2) is 8.39. The van der Waals surface area contributed by atoms with E-state index in [2.05, 4.69) is 67.3 Å². The van der Waals surface area contributed by atoms with E-state index in [-0.39, 0.29) is 0 Å². The molecule has 2 aromatic carbocycles. The molecule has 124 valence electrons. The third-order valence-electron chi connectivity index (χ3n) is 3.43. The van der Waals surface area contributed by atoms with Gasteiger partial charge in [-0.25, -0.2) is 0 Å². The topological polar surface area (TPSA) is 42.6 Å². The molecule has 0 aromatic heterocycles. The van der Waals surface area contributed by atoms with Gasteiger partial charge in [0.1, 0.15) is 0 Å². The lowest BCUT2D eigenvalue weighted by Crippen LogP contribution is -2.13. The van der Waals surface area contributed by atoms with E-state index >= 15 is 0 Å². The Hall–Kier alpha value is -2.48. The van der Waals surface area contributed by atoms with Crippen molar-refractivity contribution in [3.05, 3.63) is 64.7 Å². The Bertz CT molecular complexity index is 709. The standard InChI is InChI=1S/C20H24N4/c1-23(2)14-18-9-17(10-19(11-18)15-24(3)4)13-22-20-7-5-16(12-21)6-8-20/h5-11,13H,14-15H2,1-4H3. The van der Waals surface area contributed by atoms with Crippen LogP contribution in [0.1, 0.15) is 22.3 Å². The smallest absolute Gasteiger partial charge is 0.0991 e. The van der Waals surface area contributed by atoms with Crippen molar-refractivity contribution in [1.29, 1.82) is 5.26 Å². The second-order valence-electron chi connectivity index (χ2n) is 6.48. The summed E-state index contributed by atoms with van der Waals surface area (Å²) < 4.78 is 0. The van der Waals surface area contributed by atoms with Crippen LogP contribution in [-0.2, 0) is 13.1 Å². The Labute approximate surface area is 144 Å². The molecule has 0 spiro atoms. The molecule has 0 N–H and O–H groups in total. The molecule has 4 nitrogen and oxygen atoms in total. The second-order valence-corrected chi connectivity index (χ2v) is 6.48. The number of nitrogens with zero attached hydrogens (tertiary/aromatic N) is 4. The van der Waals surface area contributed by atoms with Gasteiger partial charge >= 0.3 is 0 Å². The van der Waals surface area contributed by atoms with Crippen molar-refractivity contribution in [2.75, 3.05) is 28.2 Å². The molecule has 0 aliphatic rings. The summed E-state index contributed by atoms with van der Waals surface area (Å²) in [7, 11) is 8.29. The maximum Gasteiger partial charge on any atom is 0.0991 e. The van der Waals surface area contributed by atoms with Crippen LogP contribution in [0, 0.1) is 11.3 Å². The minimum atomic E-state index is 0.648. The van der Waals surface area contributed by atoms with Gasteiger partial charge in [0.25, 0.3) is 0 Å². The van der Waals surface area contributed by atoms with Crippen LogP contribution in [-0.4, -0.2) is 44.2 Å². The maximum atomic E-state index is 8.84. The Balaban J connectivity index is 2.26. The van der Waals surface area contributed by atoms with Crippen molar-refractivity contribution in [3.8, 4) is 6.07 Å². The maximum absolute atomic E-state index is 8.84. The first kappa shape index (κ1) is 17.9. The van der Waals surface area contributed by atoms with Crippen molar-refractivity contribution in [1.82, 2.24) is 9.80 Å². The molecule has 24 heavy (non-hydrogen) atoms. The van der Waals surface area contributed by atoms with Crippen molar-refractivity contribution < 1.29 is 0 Å². The lowest BCUT2D eigenvalue weighted by atomic mass is 10.1. The van der Waals surface area contributed by atoms with E-state index in [0.717, 1.165) is 24.3 Å². The molecular formula is C20H24N4. The summed E-state index contributed by atoms with van der Waals surface area (Å²) in [5, 5.41) is 8.84. The Morgan fingerprint density at radius 3 is 1.92 bits per heavy atom. The summed E-state index contributed by atoms with van der Waals surface area (Å²) in [5.74, 6) is 0. The molecule has 0 heterocycles. The number of hydrogen-bond donors (Lipinski definition) is 0. The van der Waals surface area contributed by atoms with E-state index in [9.17, 15) is 0 Å². The van der Waals surface area contributed by atoms with Crippen molar-refractivity contribution >= 4 is 11.9 Å². The Morgan fingerprint density at radius 1 is 0.917 bits per heavy atom. The van der Waals surface area contributed by atoms with Gasteiger partial charge in [-0.15, -0.1) is 0 Å². The molecule has 0 aliphatic heterocycles. The van der Waals surface area contributed by atoms with Crippen LogP contribution in [0.5, 0.6) is 0 Å². The van der Waals surface area contributed by atoms with Gasteiger partial charge in [0.2, 0.25) is 0 Å². The van der Waals surface area contributed by atoms with Crippen LogP contribution in [0.3, 0.4) is 0 Å². The summed E-state index contributed by atoms with van der Waals surface area (Å²) in [6.07, 6.45) is 1.89. The van der Waals surface area contributed by atoms with Gasteiger partial charge in [-0.05, 0) is 81.3 Å². The van der Waals surface area contributed by atoms with Crippen LogP contribution < -0.4 is 0 Å². The van der Waals surface area contributed by atoms with Gasteiger partial charge in [-0.2, -0.15) is 5.26 Å². The minimum Gasteiger partial charge on any atom is -0.305 e. The molecule has 0 fully saturated rings. The lowest BCUT2D eigenvalue weighted by molar-refractivity contribution is 0.395. The Morgan fingerprint density at radius 2 is 1.46 bits per heavy atom. The van der Waals surface area contributed by atoms with E-state index < -0.39 is 0 Å². The van der Waals surface area contributed by atoms with Crippen LogP contribution in [0.2, 0.25) is 0 Å². The molecule has 2 aromatic rings. The quantitative estimate of drug-likeness (QED) is 0.766. The molecule has 0 aliphatic carbocycles. The fourth-order valence-corrected chi connectivity index (χ4v) is 2.55. The highest BCUT2D eigenvalue weighted by atomic mass is 15.1. The third kappa shape index (κ3) is 5.62. The average molecular weight is 320 g/mol. The van der Waals surface area contributed by atoms with Crippen LogP contribution in [0.4, 0.5) is 5.69 Å². The normalized spacial score (nSPS) is 11.4. The summed E-state index contributed by atoms with van der Waals surface area (Å²) in [6, 6.07) is 16.0. The van der Waals surface area contributed by atoms with Gasteiger partial charge in [0.05, 0.1) is 17.3 Å². The molecule has 0 unspecified atom stereocenters. The first-order valence-electron chi connectivity index (χ1n) is 7.93. The lowest BCUT2D eigenvalue weighted by Gasteiger charge is -2.14. The molecule has 0 bridgehead atoms. The predicted octanol–water partition coefficient (Wildman–Crippen LogP) is 3.43. The largest absolute Gasteiger partial charge is 0.305 e. The third-order valence-corrected chi connectivity index (χ3v) is 3.43. The summed E-state index contributed by atoms with van der Waals surface area (Å²) >= 11 is 0. The minimum absolute atomic E-state index is 0.648. The van der Waals surface area contributed by atoms with Crippen molar-refractivity contribution in [2.24, 2.45) is 4.99 Å². The molecule has 0 atom stereocenters. The highest BCUT2D eigenvalue weighted by molar-refractivity contribution is 5.82. The summed E-state index contributed by atoms with van der Waals surface area (Å²) in [6.45, 7) is 1.80. The molecule has 4 heteroatoms. The zero-order valence-corrected chi connectivity index (χ0v) is 14.8. The molecular weight excluding hydrogens is 296 g/mol. The highest BCUT2D eigenvalue weighted by Gasteiger charge is 2.03. The van der Waals surface area contributed by atoms with Gasteiger partial charge in [0.15, 0.2) is 0 Å². The van der Waals surface area contributed by atoms with E-state index in [1.807, 2.05) is 18.3 Å². The number of aliphatic imine (C=N–C) groups is 1. The predicted molar refractivity (Wildman–Crippen MR) is 99.6 cm³/mol. The zero-order valence-electron chi connectivity index (χ0n) is 14.8. The molecule has 0 amide bonds. The van der Waals surface area contributed by atoms with Crippen LogP contribution in [0.25, 0.3) is 0 Å². The van der Waals surface area contributed by atoms with E-state index in [1.165, 1.54) is 11.1 Å². The van der Waals surface area contributed by atoms with Crippen molar-refractivity contribution in [2.45, 2.75) is 13.1 Å². The van der Waals surface area contributed by atoms with Gasteiger partial charge in [0, 0.05) is 19.3 Å². The van der Waals surface area contributed by atoms with E-state index in [4.69, 9.17) is 5.26 Å². The summed E-state index contributed by atoms with van der Waals surface area (Å²) in [4.78, 5) is 8.86. The van der Waals surface area contributed by atoms with E-state index in [0.29, 0.717) is 5.56 Å². The monoisotopic (exact) mass is 320 g/mol. The zero-order chi connectivity index (χ0) is 17.5. The highest BCUT2D eigenvalue weighted by Crippen LogP contribution is 2.15. The van der Waals surface area contributed by atoms with Crippen LogP contribution in [0.15, 0.2) is 47.5 Å². The first-order valence-corrected chi connectivity index (χ1v) is 7.93. The number of hydrogen-bond acceptors (Lipinski definition) is 4. The fraction of sp³-hybridized carbons (Fsp3) is 0.300. The first-order chi connectivity index (χ1) is 11.5. The Kier molecular flexibility index (Phi) is 6.25. The number of rotatable bonds is 6. The molecule has 0 saturated carbocycles. The average Bonchev–Trinajstić information content (AvgIpc) is 2.52. The van der Waals surface area contributed by atoms with Crippen molar-refractivity contribution in [3.63, 3.8) is 0 Å². The van der Waals surface area contributed by atoms with Gasteiger partial charge in [-0.3, -0.25) is 4.99 Å².